The van der Waals surface area contributed by atoms with Crippen molar-refractivity contribution in [2.75, 3.05) is 5.75 Å². The van der Waals surface area contributed by atoms with Crippen LogP contribution in [0, 0.1) is 0 Å². The van der Waals surface area contributed by atoms with Gasteiger partial charge in [-0.15, -0.1) is 0 Å². The van der Waals surface area contributed by atoms with Gasteiger partial charge in [0.05, 0.1) is 23.2 Å². The van der Waals surface area contributed by atoms with E-state index in [-0.39, 0.29) is 29.8 Å². The molecule has 2 aromatic carbocycles. The fourth-order valence-electron chi connectivity index (χ4n) is 2.85. The highest BCUT2D eigenvalue weighted by molar-refractivity contribution is 7.99. The lowest BCUT2D eigenvalue weighted by Crippen LogP contribution is -2.30. The molecule has 2 amide bonds. The Balaban J connectivity index is 1.98. The molecule has 0 fully saturated rings. The van der Waals surface area contributed by atoms with Gasteiger partial charge in [0.25, 0.3) is 11.5 Å². The zero-order valence-electron chi connectivity index (χ0n) is 16.5. The molecule has 0 aliphatic carbocycles. The third kappa shape index (κ3) is 5.20. The molecule has 9 heteroatoms. The highest BCUT2D eigenvalue weighted by Crippen LogP contribution is 2.21. The van der Waals surface area contributed by atoms with Crippen LogP contribution in [-0.4, -0.2) is 33.2 Å². The topological polar surface area (TPSA) is 107 Å². The second kappa shape index (κ2) is 9.32. The Hall–Kier alpha value is -2.84. The second-order valence-electron chi connectivity index (χ2n) is 7.03. The smallest absolute Gasteiger partial charge is 0.262 e. The molecule has 30 heavy (non-hydrogen) atoms. The van der Waals surface area contributed by atoms with Crippen molar-refractivity contribution in [1.29, 1.82) is 0 Å². The van der Waals surface area contributed by atoms with Crippen LogP contribution >= 0.6 is 23.4 Å². The number of aromatic nitrogens is 2. The number of rotatable bonds is 7. The number of halogens is 1. The van der Waals surface area contributed by atoms with Crippen LogP contribution in [0.3, 0.4) is 0 Å². The Bertz CT molecular complexity index is 1160. The summed E-state index contributed by atoms with van der Waals surface area (Å²) in [5.74, 6) is -0.661. The van der Waals surface area contributed by atoms with Crippen molar-refractivity contribution in [3.63, 3.8) is 0 Å². The predicted molar refractivity (Wildman–Crippen MR) is 119 cm³/mol. The van der Waals surface area contributed by atoms with Crippen LogP contribution in [0.4, 0.5) is 0 Å². The summed E-state index contributed by atoms with van der Waals surface area (Å²) in [5.41, 5.74) is 6.83. The van der Waals surface area contributed by atoms with Crippen LogP contribution in [0.25, 0.3) is 10.9 Å². The Morgan fingerprint density at radius 1 is 1.20 bits per heavy atom. The lowest BCUT2D eigenvalue weighted by Gasteiger charge is -2.13. The monoisotopic (exact) mass is 444 g/mol. The van der Waals surface area contributed by atoms with E-state index in [0.29, 0.717) is 26.6 Å². The number of nitrogens with one attached hydrogen (secondary N) is 1. The highest BCUT2D eigenvalue weighted by Gasteiger charge is 2.14. The first-order valence-corrected chi connectivity index (χ1v) is 10.6. The standard InChI is InChI=1S/C21H21ClN4O3S/c1-12(2)24-19(28)14-5-3-13(4-6-14)10-26-20(29)16-9-15(22)7-8-17(16)25-21(26)30-11-18(23)27/h3-9,12H,10-11H2,1-2H3,(H2,23,27)(H,24,28). The van der Waals surface area contributed by atoms with Crippen molar-refractivity contribution in [3.8, 4) is 0 Å². The third-order valence-electron chi connectivity index (χ3n) is 4.20. The van der Waals surface area contributed by atoms with Crippen molar-refractivity contribution in [1.82, 2.24) is 14.9 Å². The molecule has 0 unspecified atom stereocenters. The third-order valence-corrected chi connectivity index (χ3v) is 5.44. The molecule has 0 bridgehead atoms. The van der Waals surface area contributed by atoms with Gasteiger partial charge in [-0.25, -0.2) is 4.98 Å². The fourth-order valence-corrected chi connectivity index (χ4v) is 3.76. The van der Waals surface area contributed by atoms with Crippen molar-refractivity contribution in [2.45, 2.75) is 31.6 Å². The average molecular weight is 445 g/mol. The molecule has 3 rings (SSSR count). The van der Waals surface area contributed by atoms with E-state index in [2.05, 4.69) is 10.3 Å². The number of hydrogen-bond acceptors (Lipinski definition) is 5. The van der Waals surface area contributed by atoms with Crippen LogP contribution in [0.2, 0.25) is 5.02 Å². The zero-order chi connectivity index (χ0) is 21.8. The van der Waals surface area contributed by atoms with Gasteiger partial charge in [-0.1, -0.05) is 35.5 Å². The number of fused-ring (bicyclic) bond motifs is 1. The van der Waals surface area contributed by atoms with E-state index in [4.69, 9.17) is 17.3 Å². The van der Waals surface area contributed by atoms with Gasteiger partial charge in [0.1, 0.15) is 0 Å². The summed E-state index contributed by atoms with van der Waals surface area (Å²) in [7, 11) is 0. The number of carbonyl (C=O) groups excluding carboxylic acids is 2. The van der Waals surface area contributed by atoms with Crippen molar-refractivity contribution in [3.05, 3.63) is 69.0 Å². The molecule has 1 aromatic heterocycles. The summed E-state index contributed by atoms with van der Waals surface area (Å²) in [6.45, 7) is 4.01. The zero-order valence-corrected chi connectivity index (χ0v) is 18.1. The minimum absolute atomic E-state index is 0.000151. The first kappa shape index (κ1) is 21.9. The van der Waals surface area contributed by atoms with Crippen molar-refractivity contribution in [2.24, 2.45) is 5.73 Å². The molecule has 0 saturated heterocycles. The highest BCUT2D eigenvalue weighted by atomic mass is 35.5. The van der Waals surface area contributed by atoms with Crippen LogP contribution < -0.4 is 16.6 Å². The number of amides is 2. The molecule has 0 aliphatic rings. The van der Waals surface area contributed by atoms with E-state index in [1.54, 1.807) is 42.5 Å². The minimum Gasteiger partial charge on any atom is -0.369 e. The van der Waals surface area contributed by atoms with Crippen LogP contribution in [0.1, 0.15) is 29.8 Å². The maximum Gasteiger partial charge on any atom is 0.262 e. The summed E-state index contributed by atoms with van der Waals surface area (Å²) >= 11 is 7.15. The number of nitrogens with zero attached hydrogens (tertiary/aromatic N) is 2. The van der Waals surface area contributed by atoms with Crippen LogP contribution in [0.15, 0.2) is 52.4 Å². The molecule has 0 spiro atoms. The molecular formula is C21H21ClN4O3S. The lowest BCUT2D eigenvalue weighted by molar-refractivity contribution is -0.115. The molecule has 3 aromatic rings. The number of carbonyl (C=O) groups is 2. The summed E-state index contributed by atoms with van der Waals surface area (Å²) < 4.78 is 1.48. The van der Waals surface area contributed by atoms with Gasteiger partial charge in [-0.3, -0.25) is 19.0 Å². The summed E-state index contributed by atoms with van der Waals surface area (Å²) in [6, 6.07) is 11.9. The molecule has 7 nitrogen and oxygen atoms in total. The number of thioether (sulfide) groups is 1. The van der Waals surface area contributed by atoms with Gasteiger partial charge < -0.3 is 11.1 Å². The van der Waals surface area contributed by atoms with E-state index in [0.717, 1.165) is 17.3 Å². The molecule has 0 aliphatic heterocycles. The van der Waals surface area contributed by atoms with Gasteiger partial charge in [0.2, 0.25) is 5.91 Å². The maximum absolute atomic E-state index is 13.1. The number of hydrogen-bond donors (Lipinski definition) is 2. The first-order valence-electron chi connectivity index (χ1n) is 9.25. The quantitative estimate of drug-likeness (QED) is 0.430. The second-order valence-corrected chi connectivity index (χ2v) is 8.41. The predicted octanol–water partition coefficient (Wildman–Crippen LogP) is 2.81. The fraction of sp³-hybridized carbons (Fsp3) is 0.238. The normalized spacial score (nSPS) is 11.1. The molecular weight excluding hydrogens is 424 g/mol. The SMILES string of the molecule is CC(C)NC(=O)c1ccc(Cn2c(SCC(N)=O)nc3ccc(Cl)cc3c2=O)cc1. The maximum atomic E-state index is 13.1. The molecule has 0 atom stereocenters. The first-order chi connectivity index (χ1) is 14.2. The number of benzene rings is 2. The summed E-state index contributed by atoms with van der Waals surface area (Å²) in [4.78, 5) is 41.0. The van der Waals surface area contributed by atoms with Crippen molar-refractivity contribution >= 4 is 46.1 Å². The Kier molecular flexibility index (Phi) is 6.79. The number of nitrogens with two attached hydrogens (primary N) is 1. The summed E-state index contributed by atoms with van der Waals surface area (Å²) in [6.07, 6.45) is 0. The molecule has 0 radical (unpaired) electrons. The van der Waals surface area contributed by atoms with Crippen molar-refractivity contribution < 1.29 is 9.59 Å². The van der Waals surface area contributed by atoms with E-state index in [1.165, 1.54) is 4.57 Å². The van der Waals surface area contributed by atoms with Gasteiger partial charge in [0.15, 0.2) is 5.16 Å². The Morgan fingerprint density at radius 2 is 1.90 bits per heavy atom. The largest absolute Gasteiger partial charge is 0.369 e. The van der Waals surface area contributed by atoms with Crippen LogP contribution in [-0.2, 0) is 11.3 Å². The average Bonchev–Trinajstić information content (AvgIpc) is 2.69. The lowest BCUT2D eigenvalue weighted by atomic mass is 10.1. The van der Waals surface area contributed by atoms with E-state index in [9.17, 15) is 14.4 Å². The van der Waals surface area contributed by atoms with Gasteiger partial charge in [0, 0.05) is 16.6 Å². The Morgan fingerprint density at radius 3 is 2.53 bits per heavy atom. The van der Waals surface area contributed by atoms with Gasteiger partial charge in [-0.2, -0.15) is 0 Å². The van der Waals surface area contributed by atoms with E-state index >= 15 is 0 Å². The molecule has 0 saturated carbocycles. The molecule has 3 N–H and O–H groups in total. The van der Waals surface area contributed by atoms with E-state index in [1.807, 2.05) is 13.8 Å². The van der Waals surface area contributed by atoms with E-state index < -0.39 is 5.91 Å². The summed E-state index contributed by atoms with van der Waals surface area (Å²) in [5, 5.41) is 4.04. The van der Waals surface area contributed by atoms with Crippen LogP contribution in [0.5, 0.6) is 0 Å². The van der Waals surface area contributed by atoms with Gasteiger partial charge in [-0.05, 0) is 49.7 Å². The molecule has 156 valence electrons. The Labute approximate surface area is 182 Å². The molecule has 1 heterocycles. The minimum atomic E-state index is -0.502. The number of primary amides is 1. The van der Waals surface area contributed by atoms with Gasteiger partial charge >= 0.3 is 0 Å².